The van der Waals surface area contributed by atoms with Crippen molar-refractivity contribution in [3.63, 3.8) is 0 Å². The van der Waals surface area contributed by atoms with E-state index in [9.17, 15) is 4.79 Å². The summed E-state index contributed by atoms with van der Waals surface area (Å²) in [5, 5.41) is 9.15. The molecule has 2 fully saturated rings. The first kappa shape index (κ1) is 12.8. The summed E-state index contributed by atoms with van der Waals surface area (Å²) in [5.74, 6) is -0.660. The summed E-state index contributed by atoms with van der Waals surface area (Å²) in [6.45, 7) is 6.37. The van der Waals surface area contributed by atoms with Crippen molar-refractivity contribution in [2.45, 2.75) is 51.1 Å². The van der Waals surface area contributed by atoms with Gasteiger partial charge in [0.2, 0.25) is 0 Å². The predicted molar refractivity (Wildman–Crippen MR) is 67.1 cm³/mol. The molecule has 0 radical (unpaired) electrons. The maximum atomic E-state index is 11.1. The van der Waals surface area contributed by atoms with Gasteiger partial charge in [-0.2, -0.15) is 0 Å². The smallest absolute Gasteiger partial charge is 0.320 e. The Labute approximate surface area is 104 Å². The van der Waals surface area contributed by atoms with Gasteiger partial charge in [0, 0.05) is 19.1 Å². The van der Waals surface area contributed by atoms with Crippen LogP contribution in [-0.4, -0.2) is 59.1 Å². The summed E-state index contributed by atoms with van der Waals surface area (Å²) in [5.41, 5.74) is 0. The number of carboxylic acid groups (broad SMARTS) is 1. The molecule has 0 bridgehead atoms. The van der Waals surface area contributed by atoms with E-state index in [0.717, 1.165) is 25.9 Å². The zero-order chi connectivity index (χ0) is 12.3. The molecule has 2 aliphatic heterocycles. The standard InChI is InChI=1S/C13H24N2O2/c1-2-12(13(16)17)15-9-5-11(6-10-15)14-7-3-4-8-14/h11-12H,2-10H2,1H3,(H,16,17)/t12-/m1/s1. The molecule has 4 nitrogen and oxygen atoms in total. The van der Waals surface area contributed by atoms with Crippen LogP contribution in [0, 0.1) is 0 Å². The van der Waals surface area contributed by atoms with Gasteiger partial charge in [-0.1, -0.05) is 6.92 Å². The monoisotopic (exact) mass is 240 g/mol. The van der Waals surface area contributed by atoms with Crippen molar-refractivity contribution < 1.29 is 9.90 Å². The molecule has 0 aromatic heterocycles. The van der Waals surface area contributed by atoms with Crippen LogP contribution in [0.25, 0.3) is 0 Å². The molecule has 1 atom stereocenters. The van der Waals surface area contributed by atoms with Gasteiger partial charge in [0.25, 0.3) is 0 Å². The Bertz CT molecular complexity index is 256. The van der Waals surface area contributed by atoms with Crippen molar-refractivity contribution in [1.82, 2.24) is 9.80 Å². The summed E-state index contributed by atoms with van der Waals surface area (Å²) in [4.78, 5) is 15.9. The number of hydrogen-bond acceptors (Lipinski definition) is 3. The molecular weight excluding hydrogens is 216 g/mol. The first-order chi connectivity index (χ1) is 8.22. The van der Waals surface area contributed by atoms with Crippen molar-refractivity contribution in [2.75, 3.05) is 26.2 Å². The van der Waals surface area contributed by atoms with E-state index in [1.165, 1.54) is 25.9 Å². The van der Waals surface area contributed by atoms with Crippen molar-refractivity contribution in [3.8, 4) is 0 Å². The number of nitrogens with zero attached hydrogens (tertiary/aromatic N) is 2. The highest BCUT2D eigenvalue weighted by Gasteiger charge is 2.31. The van der Waals surface area contributed by atoms with Gasteiger partial charge in [-0.05, 0) is 45.2 Å². The lowest BCUT2D eigenvalue weighted by atomic mass is 10.0. The second kappa shape index (κ2) is 5.83. The van der Waals surface area contributed by atoms with Gasteiger partial charge in [-0.25, -0.2) is 0 Å². The van der Waals surface area contributed by atoms with E-state index < -0.39 is 5.97 Å². The fraction of sp³-hybridized carbons (Fsp3) is 0.923. The van der Waals surface area contributed by atoms with E-state index in [0.29, 0.717) is 12.5 Å². The van der Waals surface area contributed by atoms with Gasteiger partial charge in [0.15, 0.2) is 0 Å². The molecule has 0 amide bonds. The Hall–Kier alpha value is -0.610. The third-order valence-electron chi connectivity index (χ3n) is 4.27. The Morgan fingerprint density at radius 1 is 1.24 bits per heavy atom. The second-order valence-electron chi connectivity index (χ2n) is 5.27. The maximum absolute atomic E-state index is 11.1. The second-order valence-corrected chi connectivity index (χ2v) is 5.27. The molecule has 4 heteroatoms. The fourth-order valence-corrected chi connectivity index (χ4v) is 3.26. The van der Waals surface area contributed by atoms with Crippen molar-refractivity contribution >= 4 is 5.97 Å². The summed E-state index contributed by atoms with van der Waals surface area (Å²) >= 11 is 0. The number of carbonyl (C=O) groups is 1. The van der Waals surface area contributed by atoms with Gasteiger partial charge in [0.1, 0.15) is 6.04 Å². The summed E-state index contributed by atoms with van der Waals surface area (Å²) < 4.78 is 0. The summed E-state index contributed by atoms with van der Waals surface area (Å²) in [6, 6.07) is 0.439. The van der Waals surface area contributed by atoms with E-state index in [2.05, 4.69) is 9.80 Å². The van der Waals surface area contributed by atoms with Gasteiger partial charge in [0.05, 0.1) is 0 Å². The molecule has 0 saturated carbocycles. The topological polar surface area (TPSA) is 43.8 Å². The number of aliphatic carboxylic acids is 1. The number of likely N-dealkylation sites (tertiary alicyclic amines) is 2. The van der Waals surface area contributed by atoms with E-state index >= 15 is 0 Å². The quantitative estimate of drug-likeness (QED) is 0.807. The molecule has 2 aliphatic rings. The van der Waals surface area contributed by atoms with Crippen LogP contribution in [0.5, 0.6) is 0 Å². The SMILES string of the molecule is CC[C@H](C(=O)O)N1CCC(N2CCCC2)CC1. The van der Waals surface area contributed by atoms with E-state index in [1.807, 2.05) is 6.92 Å². The first-order valence-corrected chi connectivity index (χ1v) is 6.93. The molecule has 0 aliphatic carbocycles. The molecular formula is C13H24N2O2. The molecule has 17 heavy (non-hydrogen) atoms. The van der Waals surface area contributed by atoms with Crippen LogP contribution < -0.4 is 0 Å². The zero-order valence-corrected chi connectivity index (χ0v) is 10.8. The number of rotatable bonds is 4. The van der Waals surface area contributed by atoms with E-state index in [4.69, 9.17) is 5.11 Å². The van der Waals surface area contributed by atoms with Crippen LogP contribution in [0.2, 0.25) is 0 Å². The largest absolute Gasteiger partial charge is 0.480 e. The third-order valence-corrected chi connectivity index (χ3v) is 4.27. The maximum Gasteiger partial charge on any atom is 0.320 e. The van der Waals surface area contributed by atoms with Gasteiger partial charge >= 0.3 is 5.97 Å². The van der Waals surface area contributed by atoms with Crippen molar-refractivity contribution in [2.24, 2.45) is 0 Å². The lowest BCUT2D eigenvalue weighted by Crippen LogP contribution is -2.49. The van der Waals surface area contributed by atoms with E-state index in [1.54, 1.807) is 0 Å². The summed E-state index contributed by atoms with van der Waals surface area (Å²) in [7, 11) is 0. The van der Waals surface area contributed by atoms with Crippen LogP contribution in [0.1, 0.15) is 39.0 Å². The highest BCUT2D eigenvalue weighted by molar-refractivity contribution is 5.73. The highest BCUT2D eigenvalue weighted by Crippen LogP contribution is 2.22. The lowest BCUT2D eigenvalue weighted by molar-refractivity contribution is -0.144. The molecule has 0 unspecified atom stereocenters. The van der Waals surface area contributed by atoms with Crippen LogP contribution in [0.15, 0.2) is 0 Å². The lowest BCUT2D eigenvalue weighted by Gasteiger charge is -2.38. The zero-order valence-electron chi connectivity index (χ0n) is 10.8. The molecule has 98 valence electrons. The number of piperidine rings is 1. The first-order valence-electron chi connectivity index (χ1n) is 6.93. The minimum Gasteiger partial charge on any atom is -0.480 e. The van der Waals surface area contributed by atoms with Crippen molar-refractivity contribution in [1.29, 1.82) is 0 Å². The Morgan fingerprint density at radius 3 is 2.29 bits per heavy atom. The molecule has 0 spiro atoms. The molecule has 2 saturated heterocycles. The molecule has 2 heterocycles. The fourth-order valence-electron chi connectivity index (χ4n) is 3.26. The van der Waals surface area contributed by atoms with Gasteiger partial charge in [-0.3, -0.25) is 9.69 Å². The minimum absolute atomic E-state index is 0.269. The van der Waals surface area contributed by atoms with E-state index in [-0.39, 0.29) is 6.04 Å². The van der Waals surface area contributed by atoms with Gasteiger partial charge in [-0.15, -0.1) is 0 Å². The van der Waals surface area contributed by atoms with Gasteiger partial charge < -0.3 is 10.0 Å². The highest BCUT2D eigenvalue weighted by atomic mass is 16.4. The molecule has 2 rings (SSSR count). The van der Waals surface area contributed by atoms with Crippen LogP contribution in [0.4, 0.5) is 0 Å². The minimum atomic E-state index is -0.660. The molecule has 1 N–H and O–H groups in total. The third kappa shape index (κ3) is 2.99. The normalized spacial score (nSPS) is 26.2. The Balaban J connectivity index is 1.82. The van der Waals surface area contributed by atoms with Crippen LogP contribution in [0.3, 0.4) is 0 Å². The number of hydrogen-bond donors (Lipinski definition) is 1. The summed E-state index contributed by atoms with van der Waals surface area (Å²) in [6.07, 6.45) is 5.68. The van der Waals surface area contributed by atoms with Crippen LogP contribution in [-0.2, 0) is 4.79 Å². The Kier molecular flexibility index (Phi) is 4.40. The average Bonchev–Trinajstić information content (AvgIpc) is 2.84. The average molecular weight is 240 g/mol. The van der Waals surface area contributed by atoms with Crippen molar-refractivity contribution in [3.05, 3.63) is 0 Å². The molecule has 0 aromatic carbocycles. The number of carboxylic acids is 1. The predicted octanol–water partition coefficient (Wildman–Crippen LogP) is 1.41. The Morgan fingerprint density at radius 2 is 1.82 bits per heavy atom. The van der Waals surface area contributed by atoms with Crippen LogP contribution >= 0.6 is 0 Å². The molecule has 0 aromatic rings.